The van der Waals surface area contributed by atoms with Crippen LogP contribution in [0.5, 0.6) is 0 Å². The van der Waals surface area contributed by atoms with Gasteiger partial charge in [0.1, 0.15) is 0 Å². The zero-order chi connectivity index (χ0) is 14.5. The average molecular weight is 302 g/mol. The summed E-state index contributed by atoms with van der Waals surface area (Å²) >= 11 is 5.87. The van der Waals surface area contributed by atoms with E-state index in [9.17, 15) is 0 Å². The third-order valence-corrected chi connectivity index (χ3v) is 4.34. The van der Waals surface area contributed by atoms with Gasteiger partial charge in [0, 0.05) is 63.4 Å². The fourth-order valence-electron chi connectivity index (χ4n) is 2.98. The van der Waals surface area contributed by atoms with Crippen LogP contribution in [0.25, 0.3) is 0 Å². The number of nitrogens with zero attached hydrogens (tertiary/aromatic N) is 3. The van der Waals surface area contributed by atoms with Crippen molar-refractivity contribution in [1.29, 1.82) is 0 Å². The van der Waals surface area contributed by atoms with Crippen LogP contribution in [0.3, 0.4) is 0 Å². The number of hydrogen-bond donors (Lipinski definition) is 0. The summed E-state index contributed by atoms with van der Waals surface area (Å²) in [6, 6.07) is 0.619. The maximum atomic E-state index is 5.92. The Labute approximate surface area is 128 Å². The minimum Gasteiger partial charge on any atom is -0.374 e. The molecule has 0 N–H and O–H groups in total. The van der Waals surface area contributed by atoms with Gasteiger partial charge in [-0.05, 0) is 13.8 Å². The van der Waals surface area contributed by atoms with Crippen LogP contribution in [0.15, 0.2) is 11.6 Å². The van der Waals surface area contributed by atoms with Crippen molar-refractivity contribution in [3.8, 4) is 0 Å². The van der Waals surface area contributed by atoms with Crippen molar-refractivity contribution in [2.24, 2.45) is 0 Å². The Morgan fingerprint density at radius 3 is 2.45 bits per heavy atom. The normalized spacial score (nSPS) is 27.1. The van der Waals surface area contributed by atoms with E-state index < -0.39 is 0 Å². The van der Waals surface area contributed by atoms with Crippen LogP contribution in [-0.4, -0.2) is 85.8 Å². The highest BCUT2D eigenvalue weighted by molar-refractivity contribution is 6.29. The van der Waals surface area contributed by atoms with Crippen molar-refractivity contribution < 1.29 is 4.74 Å². The molecule has 20 heavy (non-hydrogen) atoms. The van der Waals surface area contributed by atoms with E-state index in [4.69, 9.17) is 16.3 Å². The lowest BCUT2D eigenvalue weighted by Crippen LogP contribution is -2.53. The van der Waals surface area contributed by atoms with Crippen LogP contribution in [0, 0.1) is 0 Å². The maximum absolute atomic E-state index is 5.92. The molecule has 0 amide bonds. The molecule has 2 heterocycles. The van der Waals surface area contributed by atoms with E-state index in [1.165, 1.54) is 0 Å². The van der Waals surface area contributed by atoms with Crippen molar-refractivity contribution in [1.82, 2.24) is 14.7 Å². The van der Waals surface area contributed by atoms with Gasteiger partial charge in [0.05, 0.1) is 12.7 Å². The molecular weight excluding hydrogens is 274 g/mol. The maximum Gasteiger partial charge on any atom is 0.0829 e. The second kappa shape index (κ2) is 7.76. The lowest BCUT2D eigenvalue weighted by atomic mass is 10.2. The summed E-state index contributed by atoms with van der Waals surface area (Å²) in [6.45, 7) is 17.5. The van der Waals surface area contributed by atoms with Gasteiger partial charge in [0.2, 0.25) is 0 Å². The molecule has 5 heteroatoms. The van der Waals surface area contributed by atoms with E-state index in [-0.39, 0.29) is 0 Å². The van der Waals surface area contributed by atoms with Crippen LogP contribution in [-0.2, 0) is 4.74 Å². The van der Waals surface area contributed by atoms with Gasteiger partial charge >= 0.3 is 0 Å². The molecule has 0 aromatic rings. The highest BCUT2D eigenvalue weighted by atomic mass is 35.5. The zero-order valence-electron chi connectivity index (χ0n) is 12.9. The molecule has 2 aliphatic rings. The third-order valence-electron chi connectivity index (χ3n) is 4.22. The van der Waals surface area contributed by atoms with Gasteiger partial charge in [0.25, 0.3) is 0 Å². The topological polar surface area (TPSA) is 19.0 Å². The van der Waals surface area contributed by atoms with Crippen LogP contribution >= 0.6 is 11.6 Å². The molecule has 0 saturated carbocycles. The van der Waals surface area contributed by atoms with E-state index in [2.05, 4.69) is 35.1 Å². The van der Waals surface area contributed by atoms with Crippen LogP contribution < -0.4 is 0 Å². The Balaban J connectivity index is 1.71. The monoisotopic (exact) mass is 301 g/mol. The Hall–Kier alpha value is -0.130. The molecule has 0 aromatic carbocycles. The van der Waals surface area contributed by atoms with E-state index in [0.29, 0.717) is 12.1 Å². The Morgan fingerprint density at radius 1 is 1.20 bits per heavy atom. The lowest BCUT2D eigenvalue weighted by Gasteiger charge is -2.40. The molecule has 2 fully saturated rings. The summed E-state index contributed by atoms with van der Waals surface area (Å²) < 4.78 is 5.92. The van der Waals surface area contributed by atoms with Crippen molar-refractivity contribution in [3.63, 3.8) is 0 Å². The SMILES string of the molecule is C=C(Cl)CN1CCN(C[C@@H]2CN(C(C)C)CCO2)CC1. The van der Waals surface area contributed by atoms with Gasteiger partial charge < -0.3 is 4.74 Å². The number of halogens is 1. The van der Waals surface area contributed by atoms with E-state index in [1.807, 2.05) is 0 Å². The molecule has 0 radical (unpaired) electrons. The first-order chi connectivity index (χ1) is 9.54. The number of rotatable bonds is 5. The van der Waals surface area contributed by atoms with E-state index in [0.717, 1.165) is 64.0 Å². The summed E-state index contributed by atoms with van der Waals surface area (Å²) in [5, 5.41) is 0.738. The smallest absolute Gasteiger partial charge is 0.0829 e. The van der Waals surface area contributed by atoms with Gasteiger partial charge in [-0.25, -0.2) is 0 Å². The highest BCUT2D eigenvalue weighted by Crippen LogP contribution is 2.12. The number of ether oxygens (including phenoxy) is 1. The quantitative estimate of drug-likeness (QED) is 0.765. The molecule has 0 aromatic heterocycles. The fraction of sp³-hybridized carbons (Fsp3) is 0.867. The van der Waals surface area contributed by atoms with Crippen LogP contribution in [0.4, 0.5) is 0 Å². The average Bonchev–Trinajstić information content (AvgIpc) is 2.41. The van der Waals surface area contributed by atoms with Gasteiger partial charge in [-0.3, -0.25) is 14.7 Å². The molecule has 116 valence electrons. The minimum absolute atomic E-state index is 0.362. The molecule has 2 rings (SSSR count). The summed E-state index contributed by atoms with van der Waals surface area (Å²) in [5.41, 5.74) is 0. The van der Waals surface area contributed by atoms with Crippen molar-refractivity contribution in [3.05, 3.63) is 11.6 Å². The molecule has 0 spiro atoms. The third kappa shape index (κ3) is 5.01. The first kappa shape index (κ1) is 16.2. The number of hydrogen-bond acceptors (Lipinski definition) is 4. The Bertz CT molecular complexity index is 316. The molecular formula is C15H28ClN3O. The van der Waals surface area contributed by atoms with Crippen molar-refractivity contribution in [2.75, 3.05) is 59.0 Å². The van der Waals surface area contributed by atoms with Gasteiger partial charge in [-0.2, -0.15) is 0 Å². The molecule has 1 atom stereocenters. The van der Waals surface area contributed by atoms with E-state index >= 15 is 0 Å². The largest absolute Gasteiger partial charge is 0.374 e. The van der Waals surface area contributed by atoms with Crippen molar-refractivity contribution in [2.45, 2.75) is 26.0 Å². The second-order valence-corrected chi connectivity index (χ2v) is 6.71. The summed E-state index contributed by atoms with van der Waals surface area (Å²) in [6.07, 6.45) is 0.362. The predicted octanol–water partition coefficient (Wildman–Crippen LogP) is 1.47. The van der Waals surface area contributed by atoms with Crippen molar-refractivity contribution >= 4 is 11.6 Å². The van der Waals surface area contributed by atoms with Crippen LogP contribution in [0.2, 0.25) is 0 Å². The van der Waals surface area contributed by atoms with E-state index in [1.54, 1.807) is 0 Å². The molecule has 2 saturated heterocycles. The molecule has 0 unspecified atom stereocenters. The first-order valence-corrected chi connectivity index (χ1v) is 8.06. The Kier molecular flexibility index (Phi) is 6.30. The summed E-state index contributed by atoms with van der Waals surface area (Å²) in [7, 11) is 0. The number of morpholine rings is 1. The van der Waals surface area contributed by atoms with Gasteiger partial charge in [-0.1, -0.05) is 18.2 Å². The zero-order valence-corrected chi connectivity index (χ0v) is 13.6. The predicted molar refractivity (Wildman–Crippen MR) is 84.3 cm³/mol. The minimum atomic E-state index is 0.362. The first-order valence-electron chi connectivity index (χ1n) is 7.68. The lowest BCUT2D eigenvalue weighted by molar-refractivity contribution is -0.0560. The number of piperazine rings is 1. The summed E-state index contributed by atoms with van der Waals surface area (Å²) in [4.78, 5) is 7.40. The van der Waals surface area contributed by atoms with Crippen LogP contribution in [0.1, 0.15) is 13.8 Å². The molecule has 4 nitrogen and oxygen atoms in total. The van der Waals surface area contributed by atoms with Gasteiger partial charge in [-0.15, -0.1) is 0 Å². The molecule has 0 aliphatic carbocycles. The molecule has 0 bridgehead atoms. The standard InChI is InChI=1S/C15H28ClN3O/c1-13(2)19-8-9-20-15(12-19)11-18-6-4-17(5-7-18)10-14(3)16/h13,15H,3-12H2,1-2H3/t15-/m1/s1. The highest BCUT2D eigenvalue weighted by Gasteiger charge is 2.25. The summed E-state index contributed by atoms with van der Waals surface area (Å²) in [5.74, 6) is 0. The fourth-order valence-corrected chi connectivity index (χ4v) is 3.15. The molecule has 2 aliphatic heterocycles. The Morgan fingerprint density at radius 2 is 1.85 bits per heavy atom. The second-order valence-electron chi connectivity index (χ2n) is 6.18. The van der Waals surface area contributed by atoms with Gasteiger partial charge in [0.15, 0.2) is 0 Å².